The molecule has 1 aromatic carbocycles. The zero-order valence-electron chi connectivity index (χ0n) is 5.93. The van der Waals surface area contributed by atoms with E-state index in [4.69, 9.17) is 4.42 Å². The first kappa shape index (κ1) is 7.30. The molecule has 0 fully saturated rings. The molecule has 2 aromatic rings. The normalized spacial score (nSPS) is 11.1. The third-order valence-electron chi connectivity index (χ3n) is 1.52. The third kappa shape index (κ3) is 1.08. The minimum atomic E-state index is -2.53. The Bertz CT molecular complexity index is 478. The number of oxazole rings is 1. The Balaban J connectivity index is 2.76. The summed E-state index contributed by atoms with van der Waals surface area (Å²) >= 11 is 0. The second-order valence-electron chi connectivity index (χ2n) is 2.26. The van der Waals surface area contributed by atoms with E-state index in [1.807, 2.05) is 0 Å². The van der Waals surface area contributed by atoms with Gasteiger partial charge in [0.05, 0.1) is 4.90 Å². The van der Waals surface area contributed by atoms with Gasteiger partial charge in [0, 0.05) is 0 Å². The van der Waals surface area contributed by atoms with Crippen molar-refractivity contribution < 1.29 is 12.8 Å². The Morgan fingerprint density at radius 2 is 2.17 bits per heavy atom. The van der Waals surface area contributed by atoms with Gasteiger partial charge in [-0.2, -0.15) is 0 Å². The molecule has 0 spiro atoms. The summed E-state index contributed by atoms with van der Waals surface area (Å²) in [6.07, 6.45) is 1.28. The molecular formula is C7H5NO3S. The summed E-state index contributed by atoms with van der Waals surface area (Å²) in [5.74, 6) is 0. The van der Waals surface area contributed by atoms with E-state index in [0.29, 0.717) is 11.1 Å². The summed E-state index contributed by atoms with van der Waals surface area (Å²) < 4.78 is 26.0. The lowest BCUT2D eigenvalue weighted by molar-refractivity contribution is 0.602. The fourth-order valence-corrected chi connectivity index (χ4v) is 1.38. The zero-order chi connectivity index (χ0) is 8.55. The number of nitrogens with zero attached hydrogens (tertiary/aromatic N) is 1. The van der Waals surface area contributed by atoms with Gasteiger partial charge in [-0.1, -0.05) is 0 Å². The fourth-order valence-electron chi connectivity index (χ4n) is 0.960. The molecule has 0 saturated heterocycles. The molecule has 0 bridgehead atoms. The Labute approximate surface area is 69.8 Å². The summed E-state index contributed by atoms with van der Waals surface area (Å²) in [7, 11) is -2.53. The average Bonchev–Trinajstić information content (AvgIpc) is 2.49. The largest absolute Gasteiger partial charge is 0.443 e. The number of hydrogen-bond donors (Lipinski definition) is 1. The standard InChI is InChI=1S/C7H5NO3S/c9-12(10)5-1-2-7-6(3-5)8-4-11-7/h1-4,12H. The molecule has 1 heterocycles. The quantitative estimate of drug-likeness (QED) is 0.664. The maximum Gasteiger partial charge on any atom is 0.181 e. The van der Waals surface area contributed by atoms with Gasteiger partial charge < -0.3 is 4.42 Å². The highest BCUT2D eigenvalue weighted by atomic mass is 32.2. The molecule has 1 aromatic heterocycles. The monoisotopic (exact) mass is 183 g/mol. The van der Waals surface area contributed by atoms with Crippen LogP contribution in [0.3, 0.4) is 0 Å². The molecule has 0 unspecified atom stereocenters. The molecule has 0 amide bonds. The smallest absolute Gasteiger partial charge is 0.181 e. The molecule has 2 rings (SSSR count). The van der Waals surface area contributed by atoms with E-state index in [-0.39, 0.29) is 4.90 Å². The van der Waals surface area contributed by atoms with Gasteiger partial charge in [0.25, 0.3) is 0 Å². The van der Waals surface area contributed by atoms with Crippen molar-refractivity contribution in [1.29, 1.82) is 0 Å². The van der Waals surface area contributed by atoms with Gasteiger partial charge in [-0.25, -0.2) is 13.4 Å². The van der Waals surface area contributed by atoms with Crippen molar-refractivity contribution in [3.63, 3.8) is 0 Å². The molecule has 0 aliphatic heterocycles. The highest BCUT2D eigenvalue weighted by Crippen LogP contribution is 2.14. The van der Waals surface area contributed by atoms with Gasteiger partial charge in [0.1, 0.15) is 5.52 Å². The van der Waals surface area contributed by atoms with Crippen molar-refractivity contribution in [3.05, 3.63) is 24.6 Å². The minimum Gasteiger partial charge on any atom is -0.443 e. The highest BCUT2D eigenvalue weighted by molar-refractivity contribution is 7.72. The van der Waals surface area contributed by atoms with Crippen molar-refractivity contribution in [2.45, 2.75) is 4.90 Å². The van der Waals surface area contributed by atoms with Crippen molar-refractivity contribution in [2.75, 3.05) is 0 Å². The van der Waals surface area contributed by atoms with Crippen LogP contribution >= 0.6 is 0 Å². The van der Waals surface area contributed by atoms with Gasteiger partial charge in [-0.3, -0.25) is 0 Å². The molecule has 5 heteroatoms. The minimum absolute atomic E-state index is 0.256. The summed E-state index contributed by atoms with van der Waals surface area (Å²) in [5.41, 5.74) is 1.15. The van der Waals surface area contributed by atoms with Gasteiger partial charge >= 0.3 is 0 Å². The van der Waals surface area contributed by atoms with Crippen LogP contribution in [0, 0.1) is 0 Å². The number of fused-ring (bicyclic) bond motifs is 1. The van der Waals surface area contributed by atoms with Crippen LogP contribution < -0.4 is 0 Å². The maximum atomic E-state index is 10.5. The molecule has 4 nitrogen and oxygen atoms in total. The van der Waals surface area contributed by atoms with Crippen molar-refractivity contribution in [2.24, 2.45) is 0 Å². The van der Waals surface area contributed by atoms with Crippen LogP contribution in [0.1, 0.15) is 0 Å². The lowest BCUT2D eigenvalue weighted by Crippen LogP contribution is -1.78. The predicted octanol–water partition coefficient (Wildman–Crippen LogP) is 0.798. The second-order valence-corrected chi connectivity index (χ2v) is 3.29. The highest BCUT2D eigenvalue weighted by Gasteiger charge is 2.00. The van der Waals surface area contributed by atoms with Crippen LogP contribution in [0.15, 0.2) is 33.9 Å². The molecule has 0 atom stereocenters. The number of rotatable bonds is 1. The van der Waals surface area contributed by atoms with Gasteiger partial charge in [-0.05, 0) is 18.2 Å². The topological polar surface area (TPSA) is 60.2 Å². The summed E-state index contributed by atoms with van der Waals surface area (Å²) in [6.45, 7) is 0. The predicted molar refractivity (Wildman–Crippen MR) is 42.6 cm³/mol. The van der Waals surface area contributed by atoms with E-state index in [0.717, 1.165) is 0 Å². The number of aromatic nitrogens is 1. The lowest BCUT2D eigenvalue weighted by atomic mass is 10.3. The summed E-state index contributed by atoms with van der Waals surface area (Å²) in [5, 5.41) is 0. The summed E-state index contributed by atoms with van der Waals surface area (Å²) in [4.78, 5) is 4.08. The Kier molecular flexibility index (Phi) is 1.58. The van der Waals surface area contributed by atoms with Crippen LogP contribution in [-0.4, -0.2) is 13.4 Å². The third-order valence-corrected chi connectivity index (χ3v) is 2.22. The molecule has 0 aliphatic carbocycles. The van der Waals surface area contributed by atoms with E-state index in [1.54, 1.807) is 6.07 Å². The average molecular weight is 183 g/mol. The fraction of sp³-hybridized carbons (Fsp3) is 0. The van der Waals surface area contributed by atoms with Crippen LogP contribution in [0.2, 0.25) is 0 Å². The van der Waals surface area contributed by atoms with Crippen LogP contribution in [0.25, 0.3) is 11.1 Å². The van der Waals surface area contributed by atoms with Crippen molar-refractivity contribution in [3.8, 4) is 0 Å². The SMILES string of the molecule is O=[SH](=O)c1ccc2ocnc2c1. The number of benzene rings is 1. The molecule has 62 valence electrons. The zero-order valence-corrected chi connectivity index (χ0v) is 6.82. The summed E-state index contributed by atoms with van der Waals surface area (Å²) in [6, 6.07) is 4.55. The first-order valence-corrected chi connectivity index (χ1v) is 4.43. The van der Waals surface area contributed by atoms with E-state index in [2.05, 4.69) is 4.98 Å². The van der Waals surface area contributed by atoms with Gasteiger partial charge in [0.2, 0.25) is 0 Å². The molecule has 12 heavy (non-hydrogen) atoms. The Morgan fingerprint density at radius 1 is 1.33 bits per heavy atom. The van der Waals surface area contributed by atoms with Crippen LogP contribution in [-0.2, 0) is 10.7 Å². The molecule has 0 N–H and O–H groups in total. The lowest BCUT2D eigenvalue weighted by Gasteiger charge is -1.87. The van der Waals surface area contributed by atoms with Crippen molar-refractivity contribution >= 4 is 21.8 Å². The van der Waals surface area contributed by atoms with E-state index >= 15 is 0 Å². The van der Waals surface area contributed by atoms with Crippen LogP contribution in [0.5, 0.6) is 0 Å². The van der Waals surface area contributed by atoms with Gasteiger partial charge in [0.15, 0.2) is 22.7 Å². The van der Waals surface area contributed by atoms with E-state index < -0.39 is 10.7 Å². The maximum absolute atomic E-state index is 10.5. The molecule has 0 radical (unpaired) electrons. The Hall–Kier alpha value is -1.36. The van der Waals surface area contributed by atoms with Crippen molar-refractivity contribution in [1.82, 2.24) is 4.98 Å². The number of hydrogen-bond acceptors (Lipinski definition) is 4. The van der Waals surface area contributed by atoms with Gasteiger partial charge in [-0.15, -0.1) is 0 Å². The van der Waals surface area contributed by atoms with E-state index in [1.165, 1.54) is 18.5 Å². The molecular weight excluding hydrogens is 178 g/mol. The molecule has 0 saturated carbocycles. The molecule has 0 aliphatic rings. The Morgan fingerprint density at radius 3 is 2.92 bits per heavy atom. The van der Waals surface area contributed by atoms with Crippen LogP contribution in [0.4, 0.5) is 0 Å². The first-order chi connectivity index (χ1) is 5.77. The second kappa shape index (κ2) is 2.60. The first-order valence-electron chi connectivity index (χ1n) is 3.25. The number of thiol groups is 1. The van der Waals surface area contributed by atoms with E-state index in [9.17, 15) is 8.42 Å².